The number of methoxy groups -OCH3 is 2. The van der Waals surface area contributed by atoms with Gasteiger partial charge in [0.05, 0.1) is 22.6 Å². The minimum atomic E-state index is -0.370. The number of aliphatic hydroxyl groups excluding tert-OH is 1. The molecule has 0 bridgehead atoms. The van der Waals surface area contributed by atoms with Crippen molar-refractivity contribution in [3.8, 4) is 0 Å². The van der Waals surface area contributed by atoms with Crippen molar-refractivity contribution in [3.63, 3.8) is 0 Å². The molecule has 17 heavy (non-hydrogen) atoms. The fraction of sp³-hybridized carbons (Fsp3) is 1.00. The molecule has 104 valence electrons. The van der Waals surface area contributed by atoms with Gasteiger partial charge in [0.2, 0.25) is 0 Å². The summed E-state index contributed by atoms with van der Waals surface area (Å²) in [5.41, 5.74) is -0.583. The van der Waals surface area contributed by atoms with Crippen LogP contribution in [0.2, 0.25) is 0 Å². The third kappa shape index (κ3) is 5.15. The molecule has 0 aromatic heterocycles. The van der Waals surface area contributed by atoms with Crippen molar-refractivity contribution < 1.29 is 14.6 Å². The summed E-state index contributed by atoms with van der Waals surface area (Å²) in [6, 6.07) is 0. The van der Waals surface area contributed by atoms with E-state index in [1.165, 1.54) is 0 Å². The number of alkyl halides is 2. The zero-order chi connectivity index (χ0) is 13.7. The lowest BCUT2D eigenvalue weighted by Gasteiger charge is -2.35. The van der Waals surface area contributed by atoms with E-state index in [1.54, 1.807) is 14.2 Å². The second-order valence-electron chi connectivity index (χ2n) is 4.98. The van der Waals surface area contributed by atoms with E-state index in [9.17, 15) is 5.11 Å². The van der Waals surface area contributed by atoms with Crippen LogP contribution in [0.5, 0.6) is 0 Å². The van der Waals surface area contributed by atoms with Crippen LogP contribution >= 0.6 is 31.9 Å². The van der Waals surface area contributed by atoms with E-state index in [1.807, 2.05) is 20.8 Å². The van der Waals surface area contributed by atoms with Gasteiger partial charge in [0, 0.05) is 19.0 Å². The zero-order valence-electron chi connectivity index (χ0n) is 11.3. The Kier molecular flexibility index (Phi) is 7.80. The smallest absolute Gasteiger partial charge is 0.0797 e. The summed E-state index contributed by atoms with van der Waals surface area (Å²) < 4.78 is 11.0. The average molecular weight is 376 g/mol. The summed E-state index contributed by atoms with van der Waals surface area (Å²) >= 11 is 7.11. The Hall–Kier alpha value is 0.840. The van der Waals surface area contributed by atoms with E-state index >= 15 is 0 Å². The second-order valence-corrected chi connectivity index (χ2v) is 7.19. The quantitative estimate of drug-likeness (QED) is 0.662. The summed E-state index contributed by atoms with van der Waals surface area (Å²) in [7, 11) is 3.39. The Morgan fingerprint density at radius 2 is 1.59 bits per heavy atom. The van der Waals surface area contributed by atoms with Gasteiger partial charge in [-0.25, -0.2) is 0 Å². The SMILES string of the molecule is COC(C)(C)C(Br)CCC(C)(OC)C(Br)CO. The number of aliphatic hydroxyl groups is 1. The fourth-order valence-corrected chi connectivity index (χ4v) is 2.30. The first-order valence-corrected chi connectivity index (χ1v) is 7.56. The summed E-state index contributed by atoms with van der Waals surface area (Å²) in [5.74, 6) is 0. The maximum atomic E-state index is 9.21. The van der Waals surface area contributed by atoms with Crippen molar-refractivity contribution in [2.45, 2.75) is 54.5 Å². The van der Waals surface area contributed by atoms with Gasteiger partial charge in [-0.05, 0) is 33.6 Å². The predicted octanol–water partition coefficient (Wildman–Crippen LogP) is 3.12. The molecule has 0 saturated carbocycles. The van der Waals surface area contributed by atoms with Crippen LogP contribution in [-0.4, -0.2) is 46.8 Å². The van der Waals surface area contributed by atoms with Gasteiger partial charge in [-0.15, -0.1) is 0 Å². The van der Waals surface area contributed by atoms with Crippen molar-refractivity contribution in [2.24, 2.45) is 0 Å². The summed E-state index contributed by atoms with van der Waals surface area (Å²) in [6.45, 7) is 6.16. The van der Waals surface area contributed by atoms with Gasteiger partial charge in [0.15, 0.2) is 0 Å². The van der Waals surface area contributed by atoms with Crippen LogP contribution in [0.15, 0.2) is 0 Å². The Balaban J connectivity index is 4.43. The highest BCUT2D eigenvalue weighted by molar-refractivity contribution is 9.09. The van der Waals surface area contributed by atoms with Crippen molar-refractivity contribution in [1.29, 1.82) is 0 Å². The molecule has 0 aliphatic carbocycles. The zero-order valence-corrected chi connectivity index (χ0v) is 14.5. The molecule has 0 aliphatic heterocycles. The molecular weight excluding hydrogens is 352 g/mol. The fourth-order valence-electron chi connectivity index (χ4n) is 1.47. The second kappa shape index (κ2) is 7.43. The largest absolute Gasteiger partial charge is 0.395 e. The first kappa shape index (κ1) is 17.8. The highest BCUT2D eigenvalue weighted by Crippen LogP contribution is 2.32. The maximum absolute atomic E-state index is 9.21. The first-order valence-electron chi connectivity index (χ1n) is 5.72. The number of halogens is 2. The molecule has 0 aliphatic rings. The topological polar surface area (TPSA) is 38.7 Å². The van der Waals surface area contributed by atoms with Gasteiger partial charge in [0.25, 0.3) is 0 Å². The molecule has 0 spiro atoms. The van der Waals surface area contributed by atoms with Crippen LogP contribution < -0.4 is 0 Å². The summed E-state index contributed by atoms with van der Waals surface area (Å²) in [5, 5.41) is 9.21. The Bertz CT molecular complexity index is 224. The van der Waals surface area contributed by atoms with E-state index in [-0.39, 0.29) is 27.5 Å². The lowest BCUT2D eigenvalue weighted by atomic mass is 9.91. The van der Waals surface area contributed by atoms with Crippen molar-refractivity contribution >= 4 is 31.9 Å². The van der Waals surface area contributed by atoms with Gasteiger partial charge in [-0.3, -0.25) is 0 Å². The highest BCUT2D eigenvalue weighted by atomic mass is 79.9. The molecule has 0 aromatic rings. The van der Waals surface area contributed by atoms with Crippen molar-refractivity contribution in [3.05, 3.63) is 0 Å². The molecule has 0 fully saturated rings. The Morgan fingerprint density at radius 1 is 1.06 bits per heavy atom. The van der Waals surface area contributed by atoms with Gasteiger partial charge in [-0.2, -0.15) is 0 Å². The molecular formula is C12H24Br2O3. The average Bonchev–Trinajstić information content (AvgIpc) is 2.34. The van der Waals surface area contributed by atoms with Crippen molar-refractivity contribution in [1.82, 2.24) is 0 Å². The molecule has 3 nitrogen and oxygen atoms in total. The van der Waals surface area contributed by atoms with Crippen LogP contribution in [0.4, 0.5) is 0 Å². The minimum absolute atomic E-state index is 0.0605. The van der Waals surface area contributed by atoms with E-state index in [2.05, 4.69) is 31.9 Å². The van der Waals surface area contributed by atoms with E-state index in [4.69, 9.17) is 9.47 Å². The first-order chi connectivity index (χ1) is 7.73. The monoisotopic (exact) mass is 374 g/mol. The van der Waals surface area contributed by atoms with Crippen molar-refractivity contribution in [2.75, 3.05) is 20.8 Å². The molecule has 0 rings (SSSR count). The van der Waals surface area contributed by atoms with Crippen LogP contribution in [0.25, 0.3) is 0 Å². The highest BCUT2D eigenvalue weighted by Gasteiger charge is 2.35. The minimum Gasteiger partial charge on any atom is -0.395 e. The Labute approximate surface area is 122 Å². The molecule has 0 radical (unpaired) electrons. The van der Waals surface area contributed by atoms with E-state index < -0.39 is 0 Å². The molecule has 0 aromatic carbocycles. The van der Waals surface area contributed by atoms with Crippen LogP contribution in [-0.2, 0) is 9.47 Å². The molecule has 0 saturated heterocycles. The van der Waals surface area contributed by atoms with Gasteiger partial charge in [-0.1, -0.05) is 31.9 Å². The van der Waals surface area contributed by atoms with E-state index in [0.29, 0.717) is 0 Å². The number of ether oxygens (including phenoxy) is 2. The third-order valence-corrected chi connectivity index (χ3v) is 6.28. The number of rotatable bonds is 8. The molecule has 0 amide bonds. The normalized spacial score (nSPS) is 19.8. The van der Waals surface area contributed by atoms with Gasteiger partial charge < -0.3 is 14.6 Å². The number of hydrogen-bond donors (Lipinski definition) is 1. The molecule has 0 heterocycles. The van der Waals surface area contributed by atoms with Crippen LogP contribution in [0, 0.1) is 0 Å². The summed E-state index contributed by atoms with van der Waals surface area (Å²) in [4.78, 5) is 0.179. The third-order valence-electron chi connectivity index (χ3n) is 3.46. The molecule has 1 N–H and O–H groups in total. The molecule has 3 unspecified atom stereocenters. The Morgan fingerprint density at radius 3 is 1.94 bits per heavy atom. The summed E-state index contributed by atoms with van der Waals surface area (Å²) in [6.07, 6.45) is 1.75. The van der Waals surface area contributed by atoms with Gasteiger partial charge in [0.1, 0.15) is 0 Å². The lowest BCUT2D eigenvalue weighted by Crippen LogP contribution is -2.42. The van der Waals surface area contributed by atoms with Gasteiger partial charge >= 0.3 is 0 Å². The van der Waals surface area contributed by atoms with Crippen LogP contribution in [0.1, 0.15) is 33.6 Å². The molecule has 5 heteroatoms. The molecule has 3 atom stereocenters. The lowest BCUT2D eigenvalue weighted by molar-refractivity contribution is -0.0226. The van der Waals surface area contributed by atoms with E-state index in [0.717, 1.165) is 12.8 Å². The predicted molar refractivity (Wildman–Crippen MR) is 78.3 cm³/mol. The number of hydrogen-bond acceptors (Lipinski definition) is 3. The van der Waals surface area contributed by atoms with Crippen LogP contribution in [0.3, 0.4) is 0 Å². The maximum Gasteiger partial charge on any atom is 0.0797 e. The standard InChI is InChI=1S/C12H24Br2O3/c1-11(2,16-4)9(13)6-7-12(3,17-5)10(14)8-15/h9-10,15H,6-8H2,1-5H3.